The van der Waals surface area contributed by atoms with Gasteiger partial charge in [-0.3, -0.25) is 4.79 Å². The van der Waals surface area contributed by atoms with Crippen molar-refractivity contribution >= 4 is 23.0 Å². The lowest BCUT2D eigenvalue weighted by Crippen LogP contribution is -2.32. The van der Waals surface area contributed by atoms with E-state index in [0.29, 0.717) is 0 Å². The minimum Gasteiger partial charge on any atom is -0.273 e. The second kappa shape index (κ2) is 7.09. The van der Waals surface area contributed by atoms with Gasteiger partial charge in [0.25, 0.3) is 0 Å². The Morgan fingerprint density at radius 3 is 2.57 bits per heavy atom. The van der Waals surface area contributed by atoms with Gasteiger partial charge in [0.15, 0.2) is 0 Å². The van der Waals surface area contributed by atoms with Gasteiger partial charge in [0.1, 0.15) is 0 Å². The van der Waals surface area contributed by atoms with E-state index in [2.05, 4.69) is 37.4 Å². The molecule has 0 fully saturated rings. The zero-order valence-electron chi connectivity index (χ0n) is 13.6. The number of carbonyl (C=O) groups excluding carboxylic acids is 1. The number of hydrogen-bond acceptors (Lipinski definition) is 3. The first-order valence-corrected chi connectivity index (χ1v) is 9.11. The summed E-state index contributed by atoms with van der Waals surface area (Å²) in [6.07, 6.45) is 2.51. The summed E-state index contributed by atoms with van der Waals surface area (Å²) < 4.78 is 0. The van der Waals surface area contributed by atoms with Crippen LogP contribution in [0.2, 0.25) is 0 Å². The quantitative estimate of drug-likeness (QED) is 0.772. The van der Waals surface area contributed by atoms with Crippen molar-refractivity contribution in [2.24, 2.45) is 11.0 Å². The summed E-state index contributed by atoms with van der Waals surface area (Å²) in [5.41, 5.74) is 2.11. The standard InChI is InChI=1S/C19H22N2OS/c1-3-14(4-2)19(22)21-17(18-11-8-12-23-18)13-16(20-21)15-9-6-5-7-10-15/h5-12,14,17H,3-4,13H2,1-2H3/t17-/m1/s1. The Morgan fingerprint density at radius 2 is 1.96 bits per heavy atom. The maximum Gasteiger partial charge on any atom is 0.246 e. The fraction of sp³-hybridized carbons (Fsp3) is 0.368. The molecule has 3 rings (SSSR count). The van der Waals surface area contributed by atoms with Crippen molar-refractivity contribution in [1.29, 1.82) is 0 Å². The molecule has 1 atom stereocenters. The second-order valence-electron chi connectivity index (χ2n) is 5.84. The molecule has 0 saturated heterocycles. The van der Waals surface area contributed by atoms with E-state index in [1.54, 1.807) is 16.3 Å². The van der Waals surface area contributed by atoms with Crippen LogP contribution in [0.1, 0.15) is 49.6 Å². The number of thiophene rings is 1. The molecule has 2 aromatic rings. The van der Waals surface area contributed by atoms with E-state index in [0.717, 1.165) is 30.5 Å². The number of amides is 1. The van der Waals surface area contributed by atoms with Crippen LogP contribution in [0.25, 0.3) is 0 Å². The first-order chi connectivity index (χ1) is 11.2. The highest BCUT2D eigenvalue weighted by molar-refractivity contribution is 7.10. The van der Waals surface area contributed by atoms with Crippen LogP contribution in [0.15, 0.2) is 52.9 Å². The van der Waals surface area contributed by atoms with Crippen LogP contribution in [0.5, 0.6) is 0 Å². The topological polar surface area (TPSA) is 32.7 Å². The molecule has 0 radical (unpaired) electrons. The van der Waals surface area contributed by atoms with Crippen LogP contribution in [-0.4, -0.2) is 16.6 Å². The average molecular weight is 326 g/mol. The van der Waals surface area contributed by atoms with E-state index in [9.17, 15) is 4.79 Å². The van der Waals surface area contributed by atoms with Crippen molar-refractivity contribution in [2.75, 3.05) is 0 Å². The summed E-state index contributed by atoms with van der Waals surface area (Å²) in [6.45, 7) is 4.15. The number of benzene rings is 1. The van der Waals surface area contributed by atoms with Crippen molar-refractivity contribution in [3.63, 3.8) is 0 Å². The molecule has 0 spiro atoms. The minimum absolute atomic E-state index is 0.0401. The van der Waals surface area contributed by atoms with Crippen LogP contribution in [-0.2, 0) is 4.79 Å². The molecule has 4 heteroatoms. The van der Waals surface area contributed by atoms with Gasteiger partial charge in [-0.2, -0.15) is 5.10 Å². The summed E-state index contributed by atoms with van der Waals surface area (Å²) in [5, 5.41) is 8.53. The molecule has 1 aliphatic rings. The zero-order chi connectivity index (χ0) is 16.2. The molecule has 1 aromatic carbocycles. The molecule has 23 heavy (non-hydrogen) atoms. The fourth-order valence-corrected chi connectivity index (χ4v) is 3.86. The highest BCUT2D eigenvalue weighted by atomic mass is 32.1. The lowest BCUT2D eigenvalue weighted by Gasteiger charge is -2.24. The van der Waals surface area contributed by atoms with Crippen LogP contribution < -0.4 is 0 Å². The maximum absolute atomic E-state index is 12.9. The number of rotatable bonds is 5. The first-order valence-electron chi connectivity index (χ1n) is 8.24. The minimum atomic E-state index is 0.0401. The Balaban J connectivity index is 1.93. The predicted octanol–water partition coefficient (Wildman–Crippen LogP) is 4.86. The molecule has 0 saturated carbocycles. The van der Waals surface area contributed by atoms with Crippen LogP contribution in [0.4, 0.5) is 0 Å². The molecule has 0 unspecified atom stereocenters. The third-order valence-corrected chi connectivity index (χ3v) is 5.42. The third-order valence-electron chi connectivity index (χ3n) is 4.45. The predicted molar refractivity (Wildman–Crippen MR) is 95.6 cm³/mol. The van der Waals surface area contributed by atoms with Gasteiger partial charge in [-0.1, -0.05) is 50.2 Å². The number of hydrazone groups is 1. The Bertz CT molecular complexity index is 675. The Hall–Kier alpha value is -1.94. The molecule has 1 amide bonds. The number of nitrogens with zero attached hydrogens (tertiary/aromatic N) is 2. The van der Waals surface area contributed by atoms with Crippen molar-refractivity contribution in [1.82, 2.24) is 5.01 Å². The zero-order valence-corrected chi connectivity index (χ0v) is 14.4. The van der Waals surface area contributed by atoms with E-state index in [1.807, 2.05) is 24.3 Å². The molecule has 1 aliphatic heterocycles. The third kappa shape index (κ3) is 3.22. The van der Waals surface area contributed by atoms with Crippen molar-refractivity contribution < 1.29 is 4.79 Å². The monoisotopic (exact) mass is 326 g/mol. The SMILES string of the molecule is CCC(CC)C(=O)N1N=C(c2ccccc2)C[C@@H]1c1cccs1. The summed E-state index contributed by atoms with van der Waals surface area (Å²) >= 11 is 1.70. The van der Waals surface area contributed by atoms with Crippen LogP contribution in [0, 0.1) is 5.92 Å². The molecule has 1 aromatic heterocycles. The van der Waals surface area contributed by atoms with Crippen LogP contribution in [0.3, 0.4) is 0 Å². The molecule has 2 heterocycles. The van der Waals surface area contributed by atoms with Gasteiger partial charge in [0.05, 0.1) is 11.8 Å². The smallest absolute Gasteiger partial charge is 0.246 e. The Kier molecular flexibility index (Phi) is 4.91. The van der Waals surface area contributed by atoms with Gasteiger partial charge in [0, 0.05) is 17.2 Å². The Morgan fingerprint density at radius 1 is 1.22 bits per heavy atom. The van der Waals surface area contributed by atoms with E-state index < -0.39 is 0 Å². The summed E-state index contributed by atoms with van der Waals surface area (Å²) in [6, 6.07) is 14.4. The van der Waals surface area contributed by atoms with Gasteiger partial charge in [0.2, 0.25) is 5.91 Å². The van der Waals surface area contributed by atoms with Gasteiger partial charge in [-0.25, -0.2) is 5.01 Å². The summed E-state index contributed by atoms with van der Waals surface area (Å²) in [7, 11) is 0. The lowest BCUT2D eigenvalue weighted by atomic mass is 10.00. The van der Waals surface area contributed by atoms with E-state index in [-0.39, 0.29) is 17.9 Å². The van der Waals surface area contributed by atoms with E-state index in [1.165, 1.54) is 4.88 Å². The fourth-order valence-electron chi connectivity index (χ4n) is 3.05. The van der Waals surface area contributed by atoms with E-state index >= 15 is 0 Å². The first kappa shape index (κ1) is 15.9. The highest BCUT2D eigenvalue weighted by Crippen LogP contribution is 2.36. The van der Waals surface area contributed by atoms with Crippen molar-refractivity contribution in [3.05, 3.63) is 58.3 Å². The number of carbonyl (C=O) groups is 1. The van der Waals surface area contributed by atoms with Gasteiger partial charge >= 0.3 is 0 Å². The summed E-state index contributed by atoms with van der Waals surface area (Å²) in [4.78, 5) is 14.1. The Labute approximate surface area is 141 Å². The van der Waals surface area contributed by atoms with Crippen molar-refractivity contribution in [3.8, 4) is 0 Å². The van der Waals surface area contributed by atoms with Gasteiger partial charge in [-0.15, -0.1) is 11.3 Å². The molecule has 3 nitrogen and oxygen atoms in total. The molecule has 0 bridgehead atoms. The van der Waals surface area contributed by atoms with Gasteiger partial charge in [-0.05, 0) is 29.9 Å². The van der Waals surface area contributed by atoms with E-state index in [4.69, 9.17) is 5.10 Å². The van der Waals surface area contributed by atoms with Crippen LogP contribution >= 0.6 is 11.3 Å². The summed E-state index contributed by atoms with van der Waals surface area (Å²) in [5.74, 6) is 0.204. The second-order valence-corrected chi connectivity index (χ2v) is 6.82. The average Bonchev–Trinajstić information content (AvgIpc) is 3.26. The molecule has 120 valence electrons. The maximum atomic E-state index is 12.9. The largest absolute Gasteiger partial charge is 0.273 e. The molecular formula is C19H22N2OS. The van der Waals surface area contributed by atoms with Crippen molar-refractivity contribution in [2.45, 2.75) is 39.2 Å². The lowest BCUT2D eigenvalue weighted by molar-refractivity contribution is -0.137. The molecular weight excluding hydrogens is 304 g/mol. The van der Waals surface area contributed by atoms with Gasteiger partial charge < -0.3 is 0 Å². The molecule has 0 N–H and O–H groups in total. The number of hydrogen-bond donors (Lipinski definition) is 0. The molecule has 0 aliphatic carbocycles. The normalized spacial score (nSPS) is 17.6. The highest BCUT2D eigenvalue weighted by Gasteiger charge is 2.35.